The minimum atomic E-state index is 0.180. The number of hydrogen-bond acceptors (Lipinski definition) is 3. The summed E-state index contributed by atoms with van der Waals surface area (Å²) in [6.45, 7) is 10.7. The number of nitrogens with zero attached hydrogens (tertiary/aromatic N) is 2. The zero-order chi connectivity index (χ0) is 22.1. The van der Waals surface area contributed by atoms with Gasteiger partial charge in [-0.2, -0.15) is 0 Å². The molecule has 0 radical (unpaired) electrons. The number of hydrogen-bond donors (Lipinski definition) is 1. The van der Waals surface area contributed by atoms with Gasteiger partial charge in [-0.1, -0.05) is 31.2 Å². The van der Waals surface area contributed by atoms with Gasteiger partial charge in [0.15, 0.2) is 0 Å². The summed E-state index contributed by atoms with van der Waals surface area (Å²) in [6.07, 6.45) is 9.42. The van der Waals surface area contributed by atoms with Crippen LogP contribution in [0.4, 0.5) is 0 Å². The van der Waals surface area contributed by atoms with E-state index in [9.17, 15) is 5.11 Å². The van der Waals surface area contributed by atoms with Crippen LogP contribution in [0.5, 0.6) is 0 Å². The van der Waals surface area contributed by atoms with E-state index in [-0.39, 0.29) is 5.92 Å². The molecule has 1 aliphatic carbocycles. The van der Waals surface area contributed by atoms with E-state index in [1.807, 2.05) is 6.92 Å². The molecular weight excluding hydrogens is 380 g/mol. The van der Waals surface area contributed by atoms with Crippen LogP contribution in [0.1, 0.15) is 77.7 Å². The monoisotopic (exact) mass is 414 g/mol. The Kier molecular flexibility index (Phi) is 6.13. The van der Waals surface area contributed by atoms with E-state index in [2.05, 4.69) is 64.3 Å². The molecular formula is C28H34N2O. The summed E-state index contributed by atoms with van der Waals surface area (Å²) >= 11 is 0. The molecule has 162 valence electrons. The second-order valence-electron chi connectivity index (χ2n) is 9.36. The summed E-state index contributed by atoms with van der Waals surface area (Å²) in [5.74, 6) is 1.13. The second kappa shape index (κ2) is 8.82. The van der Waals surface area contributed by atoms with Gasteiger partial charge in [0, 0.05) is 41.2 Å². The molecule has 2 heterocycles. The highest BCUT2D eigenvalue weighted by molar-refractivity contribution is 5.67. The van der Waals surface area contributed by atoms with Crippen LogP contribution in [0.25, 0.3) is 5.76 Å². The Bertz CT molecular complexity index is 1060. The Morgan fingerprint density at radius 1 is 1.13 bits per heavy atom. The third kappa shape index (κ3) is 4.37. The minimum Gasteiger partial charge on any atom is -0.507 e. The highest BCUT2D eigenvalue weighted by atomic mass is 16.3. The van der Waals surface area contributed by atoms with Gasteiger partial charge in [0.1, 0.15) is 5.76 Å². The first kappa shape index (κ1) is 21.5. The van der Waals surface area contributed by atoms with Crippen LogP contribution in [0.15, 0.2) is 46.6 Å². The Morgan fingerprint density at radius 3 is 2.52 bits per heavy atom. The first-order chi connectivity index (χ1) is 14.8. The number of aliphatic hydroxyl groups excluding tert-OH is 1. The number of benzene rings is 1. The zero-order valence-electron chi connectivity index (χ0n) is 19.5. The number of allylic oxidation sites excluding steroid dienone is 3. The van der Waals surface area contributed by atoms with Gasteiger partial charge in [-0.25, -0.2) is 0 Å². The first-order valence-corrected chi connectivity index (χ1v) is 11.5. The Hall–Kier alpha value is -2.68. The molecule has 31 heavy (non-hydrogen) atoms. The summed E-state index contributed by atoms with van der Waals surface area (Å²) in [6, 6.07) is 8.72. The van der Waals surface area contributed by atoms with Gasteiger partial charge in [-0.3, -0.25) is 9.98 Å². The number of pyridine rings is 1. The van der Waals surface area contributed by atoms with Crippen molar-refractivity contribution in [3.05, 3.63) is 80.8 Å². The van der Waals surface area contributed by atoms with Crippen molar-refractivity contribution in [2.45, 2.75) is 72.6 Å². The number of aryl methyl sites for hydroxylation is 3. The molecule has 2 unspecified atom stereocenters. The average molecular weight is 415 g/mol. The van der Waals surface area contributed by atoms with Crippen molar-refractivity contribution in [1.29, 1.82) is 0 Å². The predicted molar refractivity (Wildman–Crippen MR) is 130 cm³/mol. The standard InChI is InChI=1S/C28H34N2O/c1-17-12-13-26(29-16-17)25(24-11-6-8-18(2)20(24)4)15-23-14-19(3)27(21(5)30-23)28(31)22-9-7-10-22/h6,8,11,13-14,16-17,25,31H,7,9-10,12,15H2,1-5H3. The van der Waals surface area contributed by atoms with Gasteiger partial charge in [0.2, 0.25) is 0 Å². The fourth-order valence-corrected chi connectivity index (χ4v) is 4.74. The normalized spacial score (nSPS) is 19.1. The lowest BCUT2D eigenvalue weighted by atomic mass is 9.84. The largest absolute Gasteiger partial charge is 0.507 e. The molecule has 3 heteroatoms. The summed E-state index contributed by atoms with van der Waals surface area (Å²) in [4.78, 5) is 9.80. The molecule has 0 amide bonds. The van der Waals surface area contributed by atoms with Crippen molar-refractivity contribution in [3.63, 3.8) is 0 Å². The third-order valence-corrected chi connectivity index (χ3v) is 6.95. The zero-order valence-corrected chi connectivity index (χ0v) is 19.5. The maximum absolute atomic E-state index is 10.8. The fraction of sp³-hybridized carbons (Fsp3) is 0.429. The summed E-state index contributed by atoms with van der Waals surface area (Å²) in [5.41, 5.74) is 10.3. The van der Waals surface area contributed by atoms with E-state index in [0.717, 1.165) is 53.9 Å². The lowest BCUT2D eigenvalue weighted by Crippen LogP contribution is -2.13. The van der Waals surface area contributed by atoms with Crippen molar-refractivity contribution in [2.24, 2.45) is 10.9 Å². The van der Waals surface area contributed by atoms with Gasteiger partial charge >= 0.3 is 0 Å². The van der Waals surface area contributed by atoms with Crippen LogP contribution in [0.3, 0.4) is 0 Å². The van der Waals surface area contributed by atoms with Gasteiger partial charge in [0.05, 0.1) is 0 Å². The highest BCUT2D eigenvalue weighted by Gasteiger charge is 2.24. The first-order valence-electron chi connectivity index (χ1n) is 11.5. The predicted octanol–water partition coefficient (Wildman–Crippen LogP) is 7.09. The topological polar surface area (TPSA) is 45.5 Å². The molecule has 4 rings (SSSR count). The molecule has 1 aliphatic heterocycles. The van der Waals surface area contributed by atoms with Gasteiger partial charge in [0.25, 0.3) is 0 Å². The van der Waals surface area contributed by atoms with E-state index in [0.29, 0.717) is 11.7 Å². The van der Waals surface area contributed by atoms with Crippen LogP contribution in [-0.2, 0) is 6.42 Å². The molecule has 1 aromatic heterocycles. The van der Waals surface area contributed by atoms with Gasteiger partial charge in [-0.15, -0.1) is 0 Å². The summed E-state index contributed by atoms with van der Waals surface area (Å²) < 4.78 is 0. The Labute approximate surface area is 186 Å². The van der Waals surface area contributed by atoms with Crippen molar-refractivity contribution in [2.75, 3.05) is 0 Å². The molecule has 1 fully saturated rings. The second-order valence-corrected chi connectivity index (χ2v) is 9.36. The van der Waals surface area contributed by atoms with Gasteiger partial charge in [-0.05, 0) is 93.2 Å². The van der Waals surface area contributed by atoms with Crippen LogP contribution in [0.2, 0.25) is 0 Å². The third-order valence-electron chi connectivity index (χ3n) is 6.95. The number of aliphatic imine (C=N–C) groups is 1. The van der Waals surface area contributed by atoms with Crippen molar-refractivity contribution >= 4 is 12.0 Å². The molecule has 2 aromatic rings. The minimum absolute atomic E-state index is 0.180. The van der Waals surface area contributed by atoms with Crippen LogP contribution >= 0.6 is 0 Å². The van der Waals surface area contributed by atoms with Crippen LogP contribution in [-0.4, -0.2) is 16.3 Å². The molecule has 2 atom stereocenters. The fourth-order valence-electron chi connectivity index (χ4n) is 4.74. The molecule has 2 aliphatic rings. The van der Waals surface area contributed by atoms with E-state index in [4.69, 9.17) is 9.98 Å². The van der Waals surface area contributed by atoms with Crippen molar-refractivity contribution < 1.29 is 5.11 Å². The van der Waals surface area contributed by atoms with Gasteiger partial charge < -0.3 is 5.11 Å². The molecule has 1 N–H and O–H groups in total. The average Bonchev–Trinajstić information content (AvgIpc) is 2.67. The van der Waals surface area contributed by atoms with E-state index in [1.165, 1.54) is 28.7 Å². The van der Waals surface area contributed by atoms with Crippen molar-refractivity contribution in [3.8, 4) is 0 Å². The number of rotatable bonds is 5. The molecule has 1 saturated carbocycles. The van der Waals surface area contributed by atoms with Crippen LogP contribution < -0.4 is 0 Å². The lowest BCUT2D eigenvalue weighted by molar-refractivity contribution is 0.484. The summed E-state index contributed by atoms with van der Waals surface area (Å²) in [5, 5.41) is 10.8. The van der Waals surface area contributed by atoms with Crippen molar-refractivity contribution in [1.82, 2.24) is 4.98 Å². The SMILES string of the molecule is Cc1cccc(C(Cc2cc(C)c(C(O)=C3CCC3)c(C)n2)C2=CCC(C)C=N2)c1C. The summed E-state index contributed by atoms with van der Waals surface area (Å²) in [7, 11) is 0. The lowest BCUT2D eigenvalue weighted by Gasteiger charge is -2.24. The maximum atomic E-state index is 10.8. The molecule has 1 aromatic carbocycles. The Balaban J connectivity index is 1.72. The highest BCUT2D eigenvalue weighted by Crippen LogP contribution is 2.37. The molecule has 0 spiro atoms. The number of aromatic nitrogens is 1. The maximum Gasteiger partial charge on any atom is 0.124 e. The van der Waals surface area contributed by atoms with E-state index >= 15 is 0 Å². The smallest absolute Gasteiger partial charge is 0.124 e. The molecule has 0 bridgehead atoms. The molecule has 0 saturated heterocycles. The van der Waals surface area contributed by atoms with E-state index < -0.39 is 0 Å². The molecule has 3 nitrogen and oxygen atoms in total. The Morgan fingerprint density at radius 2 is 1.90 bits per heavy atom. The van der Waals surface area contributed by atoms with Crippen LogP contribution in [0, 0.1) is 33.6 Å². The number of aliphatic hydroxyl groups is 1. The van der Waals surface area contributed by atoms with E-state index in [1.54, 1.807) is 0 Å². The quantitative estimate of drug-likeness (QED) is 0.531.